The topological polar surface area (TPSA) is 96.2 Å². The Morgan fingerprint density at radius 3 is 2.82 bits per heavy atom. The zero-order valence-electron chi connectivity index (χ0n) is 18.3. The van der Waals surface area contributed by atoms with E-state index >= 15 is 0 Å². The van der Waals surface area contributed by atoms with E-state index in [1.165, 1.54) is 18.2 Å². The molecule has 0 spiro atoms. The van der Waals surface area contributed by atoms with Gasteiger partial charge >= 0.3 is 12.1 Å². The first-order valence-electron chi connectivity index (χ1n) is 11.3. The molecule has 1 saturated heterocycles. The molecule has 184 valence electrons. The number of carboxylic acids is 1. The zero-order valence-corrected chi connectivity index (χ0v) is 18.3. The smallest absolute Gasteiger partial charge is 0.416 e. The lowest BCUT2D eigenvalue weighted by Crippen LogP contribution is -2.22. The van der Waals surface area contributed by atoms with E-state index in [9.17, 15) is 28.2 Å². The van der Waals surface area contributed by atoms with Gasteiger partial charge in [0.15, 0.2) is 0 Å². The summed E-state index contributed by atoms with van der Waals surface area (Å²) in [7, 11) is 0. The molecule has 2 fully saturated rings. The van der Waals surface area contributed by atoms with Crippen molar-refractivity contribution in [2.45, 2.75) is 63.0 Å². The monoisotopic (exact) mass is 472 g/mol. The Balaban J connectivity index is 1.51. The molecule has 1 heterocycles. The number of alkyl halides is 3. The first-order valence-corrected chi connectivity index (χ1v) is 11.3. The summed E-state index contributed by atoms with van der Waals surface area (Å²) in [5.41, 5.74) is -0.820. The maximum Gasteiger partial charge on any atom is 0.416 e. The number of halogens is 3. The van der Waals surface area contributed by atoms with Crippen LogP contribution in [0.5, 0.6) is 5.75 Å². The van der Waals surface area contributed by atoms with Crippen LogP contribution in [0.15, 0.2) is 36.4 Å². The Labute approximate surface area is 191 Å². The lowest BCUT2D eigenvalue weighted by molar-refractivity contribution is -0.138. The van der Waals surface area contributed by atoms with Crippen molar-refractivity contribution < 1.29 is 42.8 Å². The minimum atomic E-state index is -4.47. The van der Waals surface area contributed by atoms with E-state index in [0.717, 1.165) is 31.4 Å². The molecule has 33 heavy (non-hydrogen) atoms. The van der Waals surface area contributed by atoms with Crippen molar-refractivity contribution >= 4 is 5.97 Å². The summed E-state index contributed by atoms with van der Waals surface area (Å²) in [6.07, 6.45) is 0.848. The molecule has 0 aromatic heterocycles. The van der Waals surface area contributed by atoms with Crippen LogP contribution in [-0.4, -0.2) is 52.8 Å². The minimum absolute atomic E-state index is 0.0179. The molecule has 0 radical (unpaired) electrons. The van der Waals surface area contributed by atoms with E-state index in [1.54, 1.807) is 6.08 Å². The molecule has 9 heteroatoms. The molecule has 1 aromatic carbocycles. The highest BCUT2D eigenvalue weighted by molar-refractivity contribution is 5.66. The third-order valence-electron chi connectivity index (χ3n) is 6.48. The number of fused-ring (bicyclic) bond motifs is 1. The standard InChI is InChI=1S/C24H31F3O6/c25-24(26,27)16-4-2-5-18(11-16)32-14-17(28)8-10-19-20-9-7-15(3-1-6-23(30)31)13-33-22(20)12-21(19)29/h2,4-5,8,10-11,15,17,19-22,28-29H,1,3,6-7,9,12-14H2,(H,30,31)/t15-,17+,19+,20+,21+,22-/m0/s1. The largest absolute Gasteiger partial charge is 0.491 e. The number of rotatable bonds is 9. The van der Waals surface area contributed by atoms with Gasteiger partial charge in [-0.25, -0.2) is 0 Å². The molecule has 3 N–H and O–H groups in total. The summed E-state index contributed by atoms with van der Waals surface area (Å²) in [5, 5.41) is 29.5. The number of hydrogen-bond acceptors (Lipinski definition) is 5. The average molecular weight is 473 g/mol. The number of ether oxygens (including phenoxy) is 2. The molecule has 6 nitrogen and oxygen atoms in total. The predicted molar refractivity (Wildman–Crippen MR) is 114 cm³/mol. The third kappa shape index (κ3) is 7.45. The Morgan fingerprint density at radius 1 is 1.30 bits per heavy atom. The van der Waals surface area contributed by atoms with Gasteiger partial charge < -0.3 is 24.8 Å². The lowest BCUT2D eigenvalue weighted by atomic mass is 9.86. The fraction of sp³-hybridized carbons (Fsp3) is 0.625. The summed E-state index contributed by atoms with van der Waals surface area (Å²) < 4.78 is 49.8. The van der Waals surface area contributed by atoms with Crippen molar-refractivity contribution in [3.8, 4) is 5.75 Å². The van der Waals surface area contributed by atoms with Gasteiger partial charge in [0.2, 0.25) is 0 Å². The van der Waals surface area contributed by atoms with Gasteiger partial charge in [-0.15, -0.1) is 0 Å². The maximum atomic E-state index is 12.8. The number of hydrogen-bond donors (Lipinski definition) is 3. The number of aliphatic hydroxyl groups is 2. The zero-order chi connectivity index (χ0) is 24.0. The van der Waals surface area contributed by atoms with Crippen LogP contribution in [0, 0.1) is 17.8 Å². The van der Waals surface area contributed by atoms with E-state index in [-0.39, 0.29) is 36.7 Å². The summed E-state index contributed by atoms with van der Waals surface area (Å²) in [6, 6.07) is 4.48. The molecular formula is C24H31F3O6. The number of benzene rings is 1. The molecule has 0 bridgehead atoms. The van der Waals surface area contributed by atoms with E-state index in [0.29, 0.717) is 25.4 Å². The van der Waals surface area contributed by atoms with Gasteiger partial charge in [-0.3, -0.25) is 4.79 Å². The highest BCUT2D eigenvalue weighted by Gasteiger charge is 2.43. The molecule has 3 rings (SSSR count). The summed E-state index contributed by atoms with van der Waals surface area (Å²) in [6.45, 7) is 0.342. The van der Waals surface area contributed by atoms with E-state index in [2.05, 4.69) is 0 Å². The normalized spacial score (nSPS) is 28.9. The van der Waals surface area contributed by atoms with Crippen LogP contribution in [0.2, 0.25) is 0 Å². The highest BCUT2D eigenvalue weighted by atomic mass is 19.4. The number of carbonyl (C=O) groups is 1. The molecule has 1 aliphatic carbocycles. The summed E-state index contributed by atoms with van der Waals surface area (Å²) in [5.74, 6) is -0.592. The van der Waals surface area contributed by atoms with Crippen molar-refractivity contribution in [3.05, 3.63) is 42.0 Å². The number of aliphatic carboxylic acids is 1. The SMILES string of the molecule is O=C(O)CCC[C@H]1CC[C@@H]2[C@@H](C=C[C@@H](O)COc3cccc(C(F)(F)F)c3)[C@H](O)C[C@@H]2OC1. The van der Waals surface area contributed by atoms with Gasteiger partial charge in [0, 0.05) is 25.4 Å². The second-order valence-corrected chi connectivity index (χ2v) is 8.93. The molecule has 6 atom stereocenters. The van der Waals surface area contributed by atoms with Gasteiger partial charge in [-0.2, -0.15) is 13.2 Å². The number of carboxylic acid groups (broad SMARTS) is 1. The molecule has 0 amide bonds. The van der Waals surface area contributed by atoms with Crippen LogP contribution in [0.1, 0.15) is 44.1 Å². The molecule has 1 saturated carbocycles. The van der Waals surface area contributed by atoms with Gasteiger partial charge in [-0.05, 0) is 55.7 Å². The van der Waals surface area contributed by atoms with Crippen LogP contribution in [0.4, 0.5) is 13.2 Å². The third-order valence-corrected chi connectivity index (χ3v) is 6.48. The summed E-state index contributed by atoms with van der Waals surface area (Å²) >= 11 is 0. The molecule has 2 aliphatic rings. The van der Waals surface area contributed by atoms with Crippen molar-refractivity contribution in [1.29, 1.82) is 0 Å². The minimum Gasteiger partial charge on any atom is -0.491 e. The predicted octanol–water partition coefficient (Wildman–Crippen LogP) is 4.05. The van der Waals surface area contributed by atoms with Gasteiger partial charge in [-0.1, -0.05) is 18.2 Å². The average Bonchev–Trinajstić information content (AvgIpc) is 2.91. The second-order valence-electron chi connectivity index (χ2n) is 8.93. The van der Waals surface area contributed by atoms with Gasteiger partial charge in [0.1, 0.15) is 18.5 Å². The van der Waals surface area contributed by atoms with Crippen LogP contribution in [0.25, 0.3) is 0 Å². The van der Waals surface area contributed by atoms with E-state index in [1.807, 2.05) is 0 Å². The van der Waals surface area contributed by atoms with Crippen molar-refractivity contribution in [2.75, 3.05) is 13.2 Å². The van der Waals surface area contributed by atoms with Gasteiger partial charge in [0.05, 0.1) is 17.8 Å². The molecule has 1 aromatic rings. The lowest BCUT2D eigenvalue weighted by Gasteiger charge is -2.21. The van der Waals surface area contributed by atoms with Crippen molar-refractivity contribution in [1.82, 2.24) is 0 Å². The van der Waals surface area contributed by atoms with Crippen molar-refractivity contribution in [2.24, 2.45) is 17.8 Å². The van der Waals surface area contributed by atoms with E-state index in [4.69, 9.17) is 14.6 Å². The molecule has 1 aliphatic heterocycles. The van der Waals surface area contributed by atoms with Crippen LogP contribution in [0.3, 0.4) is 0 Å². The van der Waals surface area contributed by atoms with Crippen LogP contribution >= 0.6 is 0 Å². The quantitative estimate of drug-likeness (QED) is 0.470. The Hall–Kier alpha value is -2.10. The Kier molecular flexibility index (Phi) is 8.78. The fourth-order valence-corrected chi connectivity index (χ4v) is 4.74. The number of aliphatic hydroxyl groups excluding tert-OH is 2. The van der Waals surface area contributed by atoms with E-state index < -0.39 is 29.9 Å². The summed E-state index contributed by atoms with van der Waals surface area (Å²) in [4.78, 5) is 10.7. The Morgan fingerprint density at radius 2 is 2.09 bits per heavy atom. The van der Waals surface area contributed by atoms with Crippen LogP contribution < -0.4 is 4.74 Å². The highest BCUT2D eigenvalue weighted by Crippen LogP contribution is 2.42. The maximum absolute atomic E-state index is 12.8. The molecule has 0 unspecified atom stereocenters. The first-order chi connectivity index (χ1) is 15.6. The van der Waals surface area contributed by atoms with Crippen molar-refractivity contribution in [3.63, 3.8) is 0 Å². The molecular weight excluding hydrogens is 441 g/mol. The van der Waals surface area contributed by atoms with Gasteiger partial charge in [0.25, 0.3) is 0 Å². The Bertz CT molecular complexity index is 812. The fourth-order valence-electron chi connectivity index (χ4n) is 4.74. The first kappa shape index (κ1) is 25.5. The van der Waals surface area contributed by atoms with Crippen LogP contribution in [-0.2, 0) is 15.7 Å². The second kappa shape index (κ2) is 11.4.